The zero-order valence-corrected chi connectivity index (χ0v) is 9.56. The van der Waals surface area contributed by atoms with Gasteiger partial charge in [-0.25, -0.2) is 4.79 Å². The second-order valence-corrected chi connectivity index (χ2v) is 3.86. The molecular weight excluding hydrogens is 269 g/mol. The van der Waals surface area contributed by atoms with E-state index in [9.17, 15) is 28.1 Å². The molecular formula is C10H9F3N2O4. The Kier molecular flexibility index (Phi) is 3.68. The number of hydrogen-bond acceptors (Lipinski definition) is 4. The van der Waals surface area contributed by atoms with Gasteiger partial charge in [-0.3, -0.25) is 10.1 Å². The van der Waals surface area contributed by atoms with Gasteiger partial charge in [0.05, 0.1) is 4.92 Å². The molecule has 0 aromatic heterocycles. The van der Waals surface area contributed by atoms with E-state index in [1.54, 1.807) is 0 Å². The second kappa shape index (κ2) is 4.75. The molecule has 1 aromatic carbocycles. The summed E-state index contributed by atoms with van der Waals surface area (Å²) in [6, 6.07) is 3.96. The average Bonchev–Trinajstić information content (AvgIpc) is 2.27. The SMILES string of the molecule is CC(Nc1ccc([N+](=O)[O-])cc1)(C(=O)O)C(F)(F)F. The fourth-order valence-corrected chi connectivity index (χ4v) is 1.20. The highest BCUT2D eigenvalue weighted by Gasteiger charge is 2.57. The summed E-state index contributed by atoms with van der Waals surface area (Å²) in [5.41, 5.74) is -3.68. The Bertz CT molecular complexity index is 500. The first-order valence-corrected chi connectivity index (χ1v) is 4.90. The van der Waals surface area contributed by atoms with Crippen LogP contribution in [0, 0.1) is 10.1 Å². The highest BCUT2D eigenvalue weighted by Crippen LogP contribution is 2.34. The van der Waals surface area contributed by atoms with Gasteiger partial charge in [0.1, 0.15) is 0 Å². The summed E-state index contributed by atoms with van der Waals surface area (Å²) in [7, 11) is 0. The number of halogens is 3. The number of non-ortho nitro benzene ring substituents is 1. The van der Waals surface area contributed by atoms with E-state index in [0.717, 1.165) is 24.3 Å². The molecule has 1 unspecified atom stereocenters. The largest absolute Gasteiger partial charge is 0.479 e. The third-order valence-corrected chi connectivity index (χ3v) is 2.47. The van der Waals surface area contributed by atoms with Crippen molar-refractivity contribution < 1.29 is 28.0 Å². The van der Waals surface area contributed by atoms with Crippen LogP contribution >= 0.6 is 0 Å². The number of nitro benzene ring substituents is 1. The number of carboxylic acids is 1. The molecule has 0 fully saturated rings. The Morgan fingerprint density at radius 2 is 1.79 bits per heavy atom. The summed E-state index contributed by atoms with van der Waals surface area (Å²) in [4.78, 5) is 20.4. The highest BCUT2D eigenvalue weighted by atomic mass is 19.4. The molecule has 0 saturated carbocycles. The molecule has 2 N–H and O–H groups in total. The van der Waals surface area contributed by atoms with Crippen molar-refractivity contribution in [2.75, 3.05) is 5.32 Å². The van der Waals surface area contributed by atoms with Crippen molar-refractivity contribution in [3.05, 3.63) is 34.4 Å². The van der Waals surface area contributed by atoms with E-state index in [2.05, 4.69) is 0 Å². The van der Waals surface area contributed by atoms with Crippen molar-refractivity contribution >= 4 is 17.3 Å². The number of rotatable bonds is 4. The van der Waals surface area contributed by atoms with E-state index >= 15 is 0 Å². The van der Waals surface area contributed by atoms with Gasteiger partial charge in [0.25, 0.3) is 5.69 Å². The fraction of sp³-hybridized carbons (Fsp3) is 0.300. The Morgan fingerprint density at radius 3 is 2.11 bits per heavy atom. The van der Waals surface area contributed by atoms with Gasteiger partial charge < -0.3 is 10.4 Å². The van der Waals surface area contributed by atoms with E-state index in [1.807, 2.05) is 5.32 Å². The molecule has 19 heavy (non-hydrogen) atoms. The van der Waals surface area contributed by atoms with E-state index in [-0.39, 0.29) is 11.4 Å². The van der Waals surface area contributed by atoms with Crippen LogP contribution in [0.25, 0.3) is 0 Å². The molecule has 1 aromatic rings. The Hall–Kier alpha value is -2.32. The van der Waals surface area contributed by atoms with Gasteiger partial charge in [-0.05, 0) is 19.1 Å². The first-order valence-electron chi connectivity index (χ1n) is 4.90. The summed E-state index contributed by atoms with van der Waals surface area (Å²) in [5, 5.41) is 20.9. The third-order valence-electron chi connectivity index (χ3n) is 2.47. The van der Waals surface area contributed by atoms with E-state index < -0.39 is 22.6 Å². The van der Waals surface area contributed by atoms with Gasteiger partial charge in [-0.15, -0.1) is 0 Å². The van der Waals surface area contributed by atoms with Crippen molar-refractivity contribution in [1.29, 1.82) is 0 Å². The first kappa shape index (κ1) is 14.7. The molecule has 1 atom stereocenters. The zero-order valence-electron chi connectivity index (χ0n) is 9.56. The minimum absolute atomic E-state index is 0.187. The lowest BCUT2D eigenvalue weighted by Crippen LogP contribution is -2.55. The molecule has 0 aliphatic heterocycles. The van der Waals surface area contributed by atoms with Crippen LogP contribution in [0.5, 0.6) is 0 Å². The minimum Gasteiger partial charge on any atom is -0.479 e. The third kappa shape index (κ3) is 2.92. The standard InChI is InChI=1S/C10H9F3N2O4/c1-9(8(16)17,10(11,12)13)14-6-2-4-7(5-3-6)15(18)19/h2-5,14H,1H3,(H,16,17). The fourth-order valence-electron chi connectivity index (χ4n) is 1.20. The minimum atomic E-state index is -5.03. The molecule has 0 bridgehead atoms. The van der Waals surface area contributed by atoms with Crippen LogP contribution in [0.1, 0.15) is 6.92 Å². The van der Waals surface area contributed by atoms with Gasteiger partial charge in [-0.2, -0.15) is 13.2 Å². The van der Waals surface area contributed by atoms with Crippen LogP contribution < -0.4 is 5.32 Å². The van der Waals surface area contributed by atoms with Crippen LogP contribution in [-0.2, 0) is 4.79 Å². The van der Waals surface area contributed by atoms with Crippen molar-refractivity contribution in [3.8, 4) is 0 Å². The maximum Gasteiger partial charge on any atom is 0.422 e. The molecule has 9 heteroatoms. The number of alkyl halides is 3. The summed E-state index contributed by atoms with van der Waals surface area (Å²) in [6.07, 6.45) is -5.03. The summed E-state index contributed by atoms with van der Waals surface area (Å²) >= 11 is 0. The molecule has 0 aliphatic rings. The maximum absolute atomic E-state index is 12.7. The highest BCUT2D eigenvalue weighted by molar-refractivity contribution is 5.83. The van der Waals surface area contributed by atoms with E-state index in [1.165, 1.54) is 0 Å². The molecule has 0 heterocycles. The topological polar surface area (TPSA) is 92.5 Å². The monoisotopic (exact) mass is 278 g/mol. The number of nitro groups is 1. The lowest BCUT2D eigenvalue weighted by atomic mass is 10.0. The molecule has 0 amide bonds. The Morgan fingerprint density at radius 1 is 1.32 bits per heavy atom. The number of hydrogen-bond donors (Lipinski definition) is 2. The van der Waals surface area contributed by atoms with Gasteiger partial charge in [0.2, 0.25) is 5.54 Å². The molecule has 0 aliphatic carbocycles. The van der Waals surface area contributed by atoms with Crippen LogP contribution in [-0.4, -0.2) is 27.7 Å². The quantitative estimate of drug-likeness (QED) is 0.651. The van der Waals surface area contributed by atoms with Crippen LogP contribution in [0.2, 0.25) is 0 Å². The zero-order chi connectivity index (χ0) is 14.8. The van der Waals surface area contributed by atoms with Gasteiger partial charge in [0, 0.05) is 17.8 Å². The normalized spacial score (nSPS) is 14.5. The predicted molar refractivity (Wildman–Crippen MR) is 58.8 cm³/mol. The first-order chi connectivity index (χ1) is 8.58. The molecule has 6 nitrogen and oxygen atoms in total. The molecule has 104 valence electrons. The van der Waals surface area contributed by atoms with Crippen LogP contribution in [0.15, 0.2) is 24.3 Å². The summed E-state index contributed by atoms with van der Waals surface area (Å²) in [5.74, 6) is -2.10. The number of nitrogens with zero attached hydrogens (tertiary/aromatic N) is 1. The number of carboxylic acid groups (broad SMARTS) is 1. The smallest absolute Gasteiger partial charge is 0.422 e. The van der Waals surface area contributed by atoms with Crippen molar-refractivity contribution in [1.82, 2.24) is 0 Å². The average molecular weight is 278 g/mol. The lowest BCUT2D eigenvalue weighted by molar-refractivity contribution is -0.384. The second-order valence-electron chi connectivity index (χ2n) is 3.86. The number of aliphatic carboxylic acids is 1. The number of anilines is 1. The molecule has 1 rings (SSSR count). The Labute approximate surface area is 105 Å². The lowest BCUT2D eigenvalue weighted by Gasteiger charge is -2.29. The number of carbonyl (C=O) groups is 1. The number of nitrogens with one attached hydrogen (secondary N) is 1. The van der Waals surface area contributed by atoms with Gasteiger partial charge in [0.15, 0.2) is 0 Å². The summed E-state index contributed by atoms with van der Waals surface area (Å²) < 4.78 is 38.1. The molecule has 0 spiro atoms. The predicted octanol–water partition coefficient (Wildman–Crippen LogP) is 2.41. The van der Waals surface area contributed by atoms with Gasteiger partial charge in [-0.1, -0.05) is 0 Å². The van der Waals surface area contributed by atoms with E-state index in [0.29, 0.717) is 6.92 Å². The molecule has 0 saturated heterocycles. The summed E-state index contributed by atoms with van der Waals surface area (Å²) in [6.45, 7) is 0.469. The van der Waals surface area contributed by atoms with Crippen molar-refractivity contribution in [2.45, 2.75) is 18.6 Å². The van der Waals surface area contributed by atoms with Crippen LogP contribution in [0.3, 0.4) is 0 Å². The van der Waals surface area contributed by atoms with Gasteiger partial charge >= 0.3 is 12.1 Å². The van der Waals surface area contributed by atoms with Crippen molar-refractivity contribution in [3.63, 3.8) is 0 Å². The molecule has 0 radical (unpaired) electrons. The maximum atomic E-state index is 12.7. The van der Waals surface area contributed by atoms with Crippen LogP contribution in [0.4, 0.5) is 24.5 Å². The Balaban J connectivity index is 3.05. The van der Waals surface area contributed by atoms with E-state index in [4.69, 9.17) is 5.11 Å². The number of benzene rings is 1. The van der Waals surface area contributed by atoms with Crippen molar-refractivity contribution in [2.24, 2.45) is 0 Å².